The Balaban J connectivity index is 1.51. The number of fused-ring (bicyclic) bond motifs is 3. The van der Waals surface area contributed by atoms with Crippen LogP contribution in [0.2, 0.25) is 0 Å². The van der Waals surface area contributed by atoms with Gasteiger partial charge in [0, 0.05) is 23.6 Å². The van der Waals surface area contributed by atoms with Gasteiger partial charge >= 0.3 is 6.36 Å². The highest BCUT2D eigenvalue weighted by Crippen LogP contribution is 2.35. The molecular formula is C28H19F3N6O3. The van der Waals surface area contributed by atoms with Gasteiger partial charge in [-0.3, -0.25) is 14.5 Å². The van der Waals surface area contributed by atoms with E-state index in [1.807, 2.05) is 0 Å². The predicted molar refractivity (Wildman–Crippen MR) is 143 cm³/mol. The SMILES string of the molecule is COc1ccc(Nc2ncc3c4n[nH]cc4c(=O)n(-c4cccc(-c5ccccc5OC(F)(F)F)c4)c3n2)cc1. The minimum atomic E-state index is -4.86. The highest BCUT2D eigenvalue weighted by atomic mass is 19.4. The lowest BCUT2D eigenvalue weighted by atomic mass is 10.0. The number of nitrogens with zero attached hydrogens (tertiary/aromatic N) is 4. The van der Waals surface area contributed by atoms with Crippen molar-refractivity contribution in [1.29, 1.82) is 0 Å². The third-order valence-electron chi connectivity index (χ3n) is 6.18. The molecule has 12 heteroatoms. The predicted octanol–water partition coefficient (Wildman–Crippen LogP) is 5.97. The quantitative estimate of drug-likeness (QED) is 0.266. The zero-order valence-corrected chi connectivity index (χ0v) is 20.7. The molecule has 3 aromatic heterocycles. The Hall–Kier alpha value is -5.39. The number of benzene rings is 3. The van der Waals surface area contributed by atoms with E-state index in [1.165, 1.54) is 29.0 Å². The van der Waals surface area contributed by atoms with Crippen molar-refractivity contribution in [2.45, 2.75) is 6.36 Å². The summed E-state index contributed by atoms with van der Waals surface area (Å²) in [7, 11) is 1.57. The second-order valence-corrected chi connectivity index (χ2v) is 8.67. The lowest BCUT2D eigenvalue weighted by Crippen LogP contribution is -2.20. The van der Waals surface area contributed by atoms with Crippen LogP contribution in [-0.2, 0) is 0 Å². The van der Waals surface area contributed by atoms with Crippen LogP contribution in [0.5, 0.6) is 11.5 Å². The fraction of sp³-hybridized carbons (Fsp3) is 0.0714. The molecule has 0 aliphatic carbocycles. The number of aromatic nitrogens is 5. The summed E-state index contributed by atoms with van der Waals surface area (Å²) in [4.78, 5) is 22.7. The van der Waals surface area contributed by atoms with Crippen molar-refractivity contribution in [1.82, 2.24) is 24.7 Å². The molecule has 0 spiro atoms. The summed E-state index contributed by atoms with van der Waals surface area (Å²) in [5.74, 6) is 0.547. The first-order valence-electron chi connectivity index (χ1n) is 11.9. The van der Waals surface area contributed by atoms with Gasteiger partial charge in [0.25, 0.3) is 5.56 Å². The molecule has 2 N–H and O–H groups in total. The largest absolute Gasteiger partial charge is 0.573 e. The molecule has 40 heavy (non-hydrogen) atoms. The topological polar surface area (TPSA) is 107 Å². The molecule has 0 unspecified atom stereocenters. The highest BCUT2D eigenvalue weighted by Gasteiger charge is 2.32. The van der Waals surface area contributed by atoms with Crippen LogP contribution in [-0.4, -0.2) is 38.2 Å². The van der Waals surface area contributed by atoms with Gasteiger partial charge in [0.2, 0.25) is 5.95 Å². The number of aromatic amines is 1. The number of methoxy groups -OCH3 is 1. The van der Waals surface area contributed by atoms with Crippen LogP contribution >= 0.6 is 0 Å². The monoisotopic (exact) mass is 544 g/mol. The summed E-state index contributed by atoms with van der Waals surface area (Å²) in [5, 5.41) is 10.8. The third-order valence-corrected chi connectivity index (χ3v) is 6.18. The summed E-state index contributed by atoms with van der Waals surface area (Å²) < 4.78 is 50.0. The van der Waals surface area contributed by atoms with Crippen molar-refractivity contribution in [3.05, 3.63) is 95.5 Å². The second-order valence-electron chi connectivity index (χ2n) is 8.67. The van der Waals surface area contributed by atoms with Crippen molar-refractivity contribution in [3.8, 4) is 28.3 Å². The van der Waals surface area contributed by atoms with Gasteiger partial charge in [0.1, 0.15) is 17.0 Å². The molecule has 6 aromatic rings. The van der Waals surface area contributed by atoms with Crippen molar-refractivity contribution in [2.75, 3.05) is 12.4 Å². The number of hydrogen-bond acceptors (Lipinski definition) is 7. The van der Waals surface area contributed by atoms with E-state index in [9.17, 15) is 18.0 Å². The smallest absolute Gasteiger partial charge is 0.497 e. The Labute approximate surface area is 223 Å². The molecule has 3 aromatic carbocycles. The van der Waals surface area contributed by atoms with Crippen LogP contribution in [0.15, 0.2) is 90.0 Å². The van der Waals surface area contributed by atoms with Gasteiger partial charge in [-0.2, -0.15) is 10.1 Å². The highest BCUT2D eigenvalue weighted by molar-refractivity contribution is 6.02. The van der Waals surface area contributed by atoms with Gasteiger partial charge in [-0.05, 0) is 48.0 Å². The van der Waals surface area contributed by atoms with E-state index >= 15 is 0 Å². The van der Waals surface area contributed by atoms with E-state index in [-0.39, 0.29) is 22.9 Å². The number of H-pyrrole nitrogens is 1. The molecule has 0 aliphatic heterocycles. The fourth-order valence-electron chi connectivity index (χ4n) is 4.42. The maximum absolute atomic E-state index is 13.7. The normalized spacial score (nSPS) is 11.6. The van der Waals surface area contributed by atoms with E-state index in [4.69, 9.17) is 4.74 Å². The minimum Gasteiger partial charge on any atom is -0.497 e. The van der Waals surface area contributed by atoms with E-state index in [0.29, 0.717) is 39.0 Å². The van der Waals surface area contributed by atoms with Crippen molar-refractivity contribution < 1.29 is 22.6 Å². The third kappa shape index (κ3) is 4.66. The minimum absolute atomic E-state index is 0.208. The number of pyridine rings is 1. The fourth-order valence-corrected chi connectivity index (χ4v) is 4.42. The number of rotatable bonds is 6. The molecule has 0 saturated carbocycles. The zero-order valence-electron chi connectivity index (χ0n) is 20.7. The zero-order chi connectivity index (χ0) is 27.9. The number of alkyl halides is 3. The van der Waals surface area contributed by atoms with Crippen LogP contribution in [0.3, 0.4) is 0 Å². The lowest BCUT2D eigenvalue weighted by Gasteiger charge is -2.15. The Bertz CT molecular complexity index is 1920. The molecule has 0 bridgehead atoms. The molecule has 0 aliphatic rings. The first-order valence-corrected chi connectivity index (χ1v) is 11.9. The van der Waals surface area contributed by atoms with E-state index in [0.717, 1.165) is 0 Å². The molecule has 0 fully saturated rings. The number of halogens is 3. The average molecular weight is 544 g/mol. The summed E-state index contributed by atoms with van der Waals surface area (Å²) in [6, 6.07) is 19.5. The van der Waals surface area contributed by atoms with Crippen molar-refractivity contribution >= 4 is 33.6 Å². The molecule has 0 saturated heterocycles. The first kappa shape index (κ1) is 24.9. The molecule has 0 amide bonds. The Morgan fingerprint density at radius 2 is 1.77 bits per heavy atom. The number of hydrogen-bond donors (Lipinski definition) is 2. The first-order chi connectivity index (χ1) is 19.3. The van der Waals surface area contributed by atoms with Gasteiger partial charge in [-0.25, -0.2) is 4.98 Å². The van der Waals surface area contributed by atoms with E-state index < -0.39 is 11.9 Å². The second kappa shape index (κ2) is 9.73. The Morgan fingerprint density at radius 3 is 2.55 bits per heavy atom. The molecule has 3 heterocycles. The van der Waals surface area contributed by atoms with Crippen LogP contribution in [0.1, 0.15) is 0 Å². The molecule has 200 valence electrons. The maximum Gasteiger partial charge on any atom is 0.573 e. The van der Waals surface area contributed by atoms with E-state index in [2.05, 4.69) is 30.2 Å². The molecular weight excluding hydrogens is 525 g/mol. The summed E-state index contributed by atoms with van der Waals surface area (Å²) in [6.45, 7) is 0. The van der Waals surface area contributed by atoms with Gasteiger partial charge in [0.05, 0.1) is 23.6 Å². The van der Waals surface area contributed by atoms with Gasteiger partial charge in [0.15, 0.2) is 5.65 Å². The van der Waals surface area contributed by atoms with Gasteiger partial charge in [-0.1, -0.05) is 30.3 Å². The van der Waals surface area contributed by atoms with Crippen molar-refractivity contribution in [2.24, 2.45) is 0 Å². The number of anilines is 2. The average Bonchev–Trinajstić information content (AvgIpc) is 3.44. The van der Waals surface area contributed by atoms with Crippen LogP contribution in [0.25, 0.3) is 38.8 Å². The van der Waals surface area contributed by atoms with Crippen molar-refractivity contribution in [3.63, 3.8) is 0 Å². The number of nitrogens with one attached hydrogen (secondary N) is 2. The van der Waals surface area contributed by atoms with Gasteiger partial charge in [-0.15, -0.1) is 13.2 Å². The number of ether oxygens (including phenoxy) is 2. The van der Waals surface area contributed by atoms with Gasteiger partial charge < -0.3 is 14.8 Å². The lowest BCUT2D eigenvalue weighted by molar-refractivity contribution is -0.274. The van der Waals surface area contributed by atoms with Crippen LogP contribution in [0.4, 0.5) is 24.8 Å². The van der Waals surface area contributed by atoms with E-state index in [1.54, 1.807) is 67.9 Å². The standard InChI is InChI=1S/C28H19F3N6O3/c1-39-19-11-9-17(10-12-19)34-27-32-14-21-24-22(15-33-36-24)26(38)37(25(21)35-27)18-6-4-5-16(13-18)20-7-2-3-8-23(20)40-28(29,30)31/h2-15H,1H3,(H,33,36)(H,32,34,35). The number of para-hydroxylation sites is 1. The molecule has 6 rings (SSSR count). The Morgan fingerprint density at radius 1 is 0.975 bits per heavy atom. The summed E-state index contributed by atoms with van der Waals surface area (Å²) >= 11 is 0. The molecule has 9 nitrogen and oxygen atoms in total. The van der Waals surface area contributed by atoms with Crippen LogP contribution in [0, 0.1) is 0 Å². The van der Waals surface area contributed by atoms with Crippen LogP contribution < -0.4 is 20.3 Å². The molecule has 0 radical (unpaired) electrons. The molecule has 0 atom stereocenters. The Kier molecular flexibility index (Phi) is 6.06. The maximum atomic E-state index is 13.7. The summed E-state index contributed by atoms with van der Waals surface area (Å²) in [6.07, 6.45) is -1.82. The summed E-state index contributed by atoms with van der Waals surface area (Å²) in [5.41, 5.74) is 1.93.